The van der Waals surface area contributed by atoms with Gasteiger partial charge in [-0.25, -0.2) is 9.18 Å². The van der Waals surface area contributed by atoms with Gasteiger partial charge in [-0.05, 0) is 18.6 Å². The number of carboxylic acid groups (broad SMARTS) is 1. The molecule has 2 aromatic rings. The molecular formula is C13H14FNO3. The summed E-state index contributed by atoms with van der Waals surface area (Å²) >= 11 is 0. The minimum absolute atomic E-state index is 0.123. The Balaban J connectivity index is 2.72. The summed E-state index contributed by atoms with van der Waals surface area (Å²) in [5, 5.41) is 9.63. The van der Waals surface area contributed by atoms with Gasteiger partial charge in [0.05, 0.1) is 17.7 Å². The lowest BCUT2D eigenvalue weighted by atomic mass is 10.1. The molecule has 0 bridgehead atoms. The van der Waals surface area contributed by atoms with Gasteiger partial charge in [-0.1, -0.05) is 6.07 Å². The molecule has 96 valence electrons. The topological polar surface area (TPSA) is 51.5 Å². The van der Waals surface area contributed by atoms with Crippen LogP contribution in [0.3, 0.4) is 0 Å². The highest BCUT2D eigenvalue weighted by atomic mass is 19.1. The van der Waals surface area contributed by atoms with Gasteiger partial charge < -0.3 is 14.4 Å². The highest BCUT2D eigenvalue weighted by Crippen LogP contribution is 2.27. The quantitative estimate of drug-likeness (QED) is 0.908. The lowest BCUT2D eigenvalue weighted by molar-refractivity contribution is 0.0698. The maximum Gasteiger partial charge on any atom is 0.337 e. The number of benzene rings is 1. The van der Waals surface area contributed by atoms with Crippen LogP contribution in [-0.2, 0) is 11.3 Å². The van der Waals surface area contributed by atoms with Crippen molar-refractivity contribution in [3.05, 3.63) is 35.3 Å². The summed E-state index contributed by atoms with van der Waals surface area (Å²) in [6.45, 7) is 2.59. The Kier molecular flexibility index (Phi) is 3.34. The number of hydrogen-bond donors (Lipinski definition) is 1. The number of ether oxygens (including phenoxy) is 1. The van der Waals surface area contributed by atoms with E-state index in [-0.39, 0.29) is 5.56 Å². The van der Waals surface area contributed by atoms with E-state index in [4.69, 9.17) is 9.84 Å². The first-order valence-corrected chi connectivity index (χ1v) is 5.56. The Labute approximate surface area is 104 Å². The van der Waals surface area contributed by atoms with Crippen molar-refractivity contribution in [2.45, 2.75) is 13.5 Å². The van der Waals surface area contributed by atoms with Crippen LogP contribution in [0.25, 0.3) is 10.9 Å². The second kappa shape index (κ2) is 4.78. The zero-order valence-electron chi connectivity index (χ0n) is 10.2. The molecule has 2 rings (SSSR count). The summed E-state index contributed by atoms with van der Waals surface area (Å²) in [5.74, 6) is -1.47. The van der Waals surface area contributed by atoms with Crippen molar-refractivity contribution in [1.29, 1.82) is 0 Å². The van der Waals surface area contributed by atoms with E-state index in [0.29, 0.717) is 24.1 Å². The van der Waals surface area contributed by atoms with Crippen molar-refractivity contribution in [3.8, 4) is 0 Å². The minimum Gasteiger partial charge on any atom is -0.478 e. The van der Waals surface area contributed by atoms with Gasteiger partial charge in [0.1, 0.15) is 5.82 Å². The smallest absolute Gasteiger partial charge is 0.337 e. The normalized spacial score (nSPS) is 11.1. The third-order valence-corrected chi connectivity index (χ3v) is 2.95. The molecule has 0 aliphatic rings. The van der Waals surface area contributed by atoms with Crippen molar-refractivity contribution < 1.29 is 19.0 Å². The monoisotopic (exact) mass is 251 g/mol. The summed E-state index contributed by atoms with van der Waals surface area (Å²) in [5.41, 5.74) is 1.20. The zero-order chi connectivity index (χ0) is 13.3. The molecule has 0 amide bonds. The number of fused-ring (bicyclic) bond motifs is 1. The first kappa shape index (κ1) is 12.6. The van der Waals surface area contributed by atoms with Crippen LogP contribution >= 0.6 is 0 Å². The Hall–Kier alpha value is -1.88. The molecule has 4 nitrogen and oxygen atoms in total. The van der Waals surface area contributed by atoms with E-state index in [0.717, 1.165) is 5.56 Å². The number of halogens is 1. The third kappa shape index (κ3) is 1.97. The van der Waals surface area contributed by atoms with Crippen LogP contribution in [0.15, 0.2) is 18.3 Å². The molecule has 0 aliphatic carbocycles. The number of aromatic carboxylic acids is 1. The van der Waals surface area contributed by atoms with Crippen LogP contribution in [0.5, 0.6) is 0 Å². The Morgan fingerprint density at radius 1 is 1.50 bits per heavy atom. The van der Waals surface area contributed by atoms with Crippen LogP contribution < -0.4 is 0 Å². The summed E-state index contributed by atoms with van der Waals surface area (Å²) < 4.78 is 20.4. The second-order valence-corrected chi connectivity index (χ2v) is 4.12. The molecule has 1 N–H and O–H groups in total. The number of aromatic nitrogens is 1. The van der Waals surface area contributed by atoms with E-state index >= 15 is 0 Å². The van der Waals surface area contributed by atoms with Gasteiger partial charge in [0.15, 0.2) is 0 Å². The van der Waals surface area contributed by atoms with Crippen LogP contribution in [0, 0.1) is 12.7 Å². The second-order valence-electron chi connectivity index (χ2n) is 4.12. The highest BCUT2D eigenvalue weighted by molar-refractivity contribution is 6.05. The molecule has 0 atom stereocenters. The van der Waals surface area contributed by atoms with Gasteiger partial charge in [-0.3, -0.25) is 0 Å². The van der Waals surface area contributed by atoms with Gasteiger partial charge in [-0.15, -0.1) is 0 Å². The largest absolute Gasteiger partial charge is 0.478 e. The lowest BCUT2D eigenvalue weighted by Gasteiger charge is -2.05. The Bertz CT molecular complexity index is 604. The fraction of sp³-hybridized carbons (Fsp3) is 0.308. The molecular weight excluding hydrogens is 237 g/mol. The van der Waals surface area contributed by atoms with Crippen molar-refractivity contribution in [1.82, 2.24) is 4.57 Å². The first-order valence-electron chi connectivity index (χ1n) is 5.56. The number of carboxylic acids is 1. The molecule has 0 unspecified atom stereocenters. The molecule has 0 aliphatic heterocycles. The fourth-order valence-electron chi connectivity index (χ4n) is 2.10. The predicted molar refractivity (Wildman–Crippen MR) is 65.5 cm³/mol. The average Bonchev–Trinajstić information content (AvgIpc) is 2.72. The molecule has 0 radical (unpaired) electrons. The molecule has 1 heterocycles. The lowest BCUT2D eigenvalue weighted by Crippen LogP contribution is -2.03. The summed E-state index contributed by atoms with van der Waals surface area (Å²) in [4.78, 5) is 11.2. The van der Waals surface area contributed by atoms with Crippen molar-refractivity contribution in [3.63, 3.8) is 0 Å². The Morgan fingerprint density at radius 3 is 2.83 bits per heavy atom. The summed E-state index contributed by atoms with van der Waals surface area (Å²) in [6.07, 6.45) is 1.46. The van der Waals surface area contributed by atoms with Gasteiger partial charge in [0.2, 0.25) is 0 Å². The molecule has 1 aromatic heterocycles. The number of nitrogens with zero attached hydrogens (tertiary/aromatic N) is 1. The van der Waals surface area contributed by atoms with Gasteiger partial charge in [0, 0.05) is 25.2 Å². The highest BCUT2D eigenvalue weighted by Gasteiger charge is 2.18. The molecule has 0 saturated carbocycles. The molecule has 0 saturated heterocycles. The van der Waals surface area contributed by atoms with E-state index in [1.165, 1.54) is 12.3 Å². The summed E-state index contributed by atoms with van der Waals surface area (Å²) in [7, 11) is 1.55. The molecule has 18 heavy (non-hydrogen) atoms. The van der Waals surface area contributed by atoms with Crippen LogP contribution in [-0.4, -0.2) is 29.4 Å². The maximum atomic E-state index is 13.9. The van der Waals surface area contributed by atoms with Crippen LogP contribution in [0.1, 0.15) is 15.9 Å². The van der Waals surface area contributed by atoms with Gasteiger partial charge in [0.25, 0.3) is 0 Å². The number of methoxy groups -OCH3 is 1. The first-order chi connectivity index (χ1) is 8.56. The SMILES string of the molecule is COCCn1cc(C(=O)O)c2c(C)ccc(F)c21. The minimum atomic E-state index is -1.05. The predicted octanol–water partition coefficient (Wildman–Crippen LogP) is 2.43. The maximum absolute atomic E-state index is 13.9. The number of rotatable bonds is 4. The van der Waals surface area contributed by atoms with Crippen LogP contribution in [0.4, 0.5) is 4.39 Å². The molecule has 0 spiro atoms. The van der Waals surface area contributed by atoms with E-state index < -0.39 is 11.8 Å². The van der Waals surface area contributed by atoms with Crippen LogP contribution in [0.2, 0.25) is 0 Å². The number of hydrogen-bond acceptors (Lipinski definition) is 2. The number of aryl methyl sites for hydroxylation is 1. The number of carbonyl (C=O) groups is 1. The summed E-state index contributed by atoms with van der Waals surface area (Å²) in [6, 6.07) is 2.94. The standard InChI is InChI=1S/C13H14FNO3/c1-8-3-4-10(14)12-11(8)9(13(16)17)7-15(12)5-6-18-2/h3-4,7H,5-6H2,1-2H3,(H,16,17). The van der Waals surface area contributed by atoms with Gasteiger partial charge >= 0.3 is 5.97 Å². The molecule has 0 fully saturated rings. The van der Waals surface area contributed by atoms with Crippen molar-refractivity contribution in [2.75, 3.05) is 13.7 Å². The van der Waals surface area contributed by atoms with Gasteiger partial charge in [-0.2, -0.15) is 0 Å². The molecule has 5 heteroatoms. The van der Waals surface area contributed by atoms with E-state index in [2.05, 4.69) is 0 Å². The van der Waals surface area contributed by atoms with E-state index in [9.17, 15) is 9.18 Å². The van der Waals surface area contributed by atoms with E-state index in [1.807, 2.05) is 0 Å². The third-order valence-electron chi connectivity index (χ3n) is 2.95. The molecule has 1 aromatic carbocycles. The fourth-order valence-corrected chi connectivity index (χ4v) is 2.10. The van der Waals surface area contributed by atoms with Crippen molar-refractivity contribution >= 4 is 16.9 Å². The van der Waals surface area contributed by atoms with E-state index in [1.54, 1.807) is 24.7 Å². The zero-order valence-corrected chi connectivity index (χ0v) is 10.2. The van der Waals surface area contributed by atoms with Crippen molar-refractivity contribution in [2.24, 2.45) is 0 Å². The Morgan fingerprint density at radius 2 is 2.22 bits per heavy atom. The average molecular weight is 251 g/mol.